The smallest absolute Gasteiger partial charge is 0.160 e. The summed E-state index contributed by atoms with van der Waals surface area (Å²) >= 11 is 0. The van der Waals surface area contributed by atoms with E-state index in [0.717, 1.165) is 18.5 Å². The fourth-order valence-electron chi connectivity index (χ4n) is 1.38. The monoisotopic (exact) mass is 209 g/mol. The van der Waals surface area contributed by atoms with E-state index in [2.05, 4.69) is 19.2 Å². The van der Waals surface area contributed by atoms with Crippen LogP contribution in [0.15, 0.2) is 18.2 Å². The summed E-state index contributed by atoms with van der Waals surface area (Å²) < 4.78 is 5.04. The van der Waals surface area contributed by atoms with Crippen molar-refractivity contribution in [1.82, 2.24) is 5.32 Å². The van der Waals surface area contributed by atoms with Crippen LogP contribution < -0.4 is 10.1 Å². The number of methoxy groups -OCH3 is 1. The van der Waals surface area contributed by atoms with Crippen molar-refractivity contribution in [2.45, 2.75) is 26.3 Å². The van der Waals surface area contributed by atoms with Crippen LogP contribution in [0.2, 0.25) is 0 Å². The van der Waals surface area contributed by atoms with Gasteiger partial charge in [0.05, 0.1) is 7.11 Å². The van der Waals surface area contributed by atoms with Crippen molar-refractivity contribution in [2.75, 3.05) is 13.7 Å². The number of hydrogen-bond donors (Lipinski definition) is 2. The molecule has 84 valence electrons. The van der Waals surface area contributed by atoms with Gasteiger partial charge in [-0.15, -0.1) is 0 Å². The molecule has 3 nitrogen and oxygen atoms in total. The summed E-state index contributed by atoms with van der Waals surface area (Å²) in [6.45, 7) is 5.18. The summed E-state index contributed by atoms with van der Waals surface area (Å²) in [4.78, 5) is 0. The first-order valence-electron chi connectivity index (χ1n) is 5.22. The minimum atomic E-state index is 0.193. The number of nitrogens with one attached hydrogen (secondary N) is 1. The van der Waals surface area contributed by atoms with E-state index in [1.807, 2.05) is 12.1 Å². The summed E-state index contributed by atoms with van der Waals surface area (Å²) in [6, 6.07) is 5.96. The Bertz CT molecular complexity index is 310. The fraction of sp³-hybridized carbons (Fsp3) is 0.500. The van der Waals surface area contributed by atoms with Gasteiger partial charge in [-0.2, -0.15) is 0 Å². The summed E-state index contributed by atoms with van der Waals surface area (Å²) in [5.74, 6) is 0.732. The van der Waals surface area contributed by atoms with E-state index in [-0.39, 0.29) is 5.75 Å². The molecule has 0 fully saturated rings. The molecule has 0 heterocycles. The van der Waals surface area contributed by atoms with Crippen LogP contribution in [0, 0.1) is 0 Å². The maximum Gasteiger partial charge on any atom is 0.160 e. The summed E-state index contributed by atoms with van der Waals surface area (Å²) in [6.07, 6.45) is 0.939. The van der Waals surface area contributed by atoms with Gasteiger partial charge in [-0.25, -0.2) is 0 Å². The van der Waals surface area contributed by atoms with Crippen molar-refractivity contribution >= 4 is 0 Å². The minimum Gasteiger partial charge on any atom is -0.504 e. The molecule has 2 N–H and O–H groups in total. The van der Waals surface area contributed by atoms with Crippen molar-refractivity contribution in [3.63, 3.8) is 0 Å². The van der Waals surface area contributed by atoms with E-state index in [4.69, 9.17) is 4.74 Å². The Labute approximate surface area is 91.1 Å². The Morgan fingerprint density at radius 1 is 1.40 bits per heavy atom. The number of aromatic hydroxyl groups is 1. The van der Waals surface area contributed by atoms with Gasteiger partial charge in [0.2, 0.25) is 0 Å². The highest BCUT2D eigenvalue weighted by atomic mass is 16.5. The molecule has 0 radical (unpaired) electrons. The third-order valence-electron chi connectivity index (χ3n) is 2.21. The van der Waals surface area contributed by atoms with E-state index in [9.17, 15) is 5.11 Å². The average molecular weight is 209 g/mol. The van der Waals surface area contributed by atoms with Gasteiger partial charge in [0.1, 0.15) is 0 Å². The molecule has 0 aliphatic heterocycles. The van der Waals surface area contributed by atoms with E-state index >= 15 is 0 Å². The maximum absolute atomic E-state index is 9.41. The van der Waals surface area contributed by atoms with Crippen molar-refractivity contribution in [3.05, 3.63) is 23.8 Å². The highest BCUT2D eigenvalue weighted by Crippen LogP contribution is 2.26. The van der Waals surface area contributed by atoms with Crippen molar-refractivity contribution < 1.29 is 9.84 Å². The lowest BCUT2D eigenvalue weighted by atomic mass is 10.1. The maximum atomic E-state index is 9.41. The molecule has 1 aromatic rings. The summed E-state index contributed by atoms with van der Waals surface area (Å²) in [5.41, 5.74) is 1.16. The number of rotatable bonds is 5. The molecular weight excluding hydrogens is 190 g/mol. The molecule has 3 heteroatoms. The van der Waals surface area contributed by atoms with Crippen LogP contribution in [0.25, 0.3) is 0 Å². The third-order valence-corrected chi connectivity index (χ3v) is 2.21. The van der Waals surface area contributed by atoms with Crippen LogP contribution >= 0.6 is 0 Å². The van der Waals surface area contributed by atoms with Crippen LogP contribution in [-0.2, 0) is 6.42 Å². The molecule has 0 saturated carbocycles. The Balaban J connectivity index is 2.54. The molecule has 0 amide bonds. The van der Waals surface area contributed by atoms with Gasteiger partial charge in [0.15, 0.2) is 11.5 Å². The number of hydrogen-bond acceptors (Lipinski definition) is 3. The predicted molar refractivity (Wildman–Crippen MR) is 61.5 cm³/mol. The first-order chi connectivity index (χ1) is 7.13. The first kappa shape index (κ1) is 11.9. The molecule has 0 aliphatic rings. The molecule has 0 bridgehead atoms. The number of ether oxygens (including phenoxy) is 1. The largest absolute Gasteiger partial charge is 0.504 e. The highest BCUT2D eigenvalue weighted by molar-refractivity contribution is 5.41. The lowest BCUT2D eigenvalue weighted by Gasteiger charge is -2.09. The highest BCUT2D eigenvalue weighted by Gasteiger charge is 2.02. The van der Waals surface area contributed by atoms with Crippen LogP contribution in [0.4, 0.5) is 0 Å². The van der Waals surface area contributed by atoms with E-state index in [1.54, 1.807) is 13.2 Å². The van der Waals surface area contributed by atoms with Gasteiger partial charge in [-0.05, 0) is 30.7 Å². The summed E-state index contributed by atoms with van der Waals surface area (Å²) in [5, 5.41) is 12.8. The normalized spacial score (nSPS) is 10.7. The van der Waals surface area contributed by atoms with Crippen molar-refractivity contribution in [1.29, 1.82) is 0 Å². The minimum absolute atomic E-state index is 0.193. The molecule has 0 aliphatic carbocycles. The molecular formula is C12H19NO2. The quantitative estimate of drug-likeness (QED) is 0.778. The molecule has 0 atom stereocenters. The second-order valence-corrected chi connectivity index (χ2v) is 3.87. The molecule has 0 aromatic heterocycles. The summed E-state index contributed by atoms with van der Waals surface area (Å²) in [7, 11) is 1.56. The van der Waals surface area contributed by atoms with Gasteiger partial charge < -0.3 is 15.2 Å². The van der Waals surface area contributed by atoms with Crippen LogP contribution in [0.1, 0.15) is 19.4 Å². The average Bonchev–Trinajstić information content (AvgIpc) is 2.20. The standard InChI is InChI=1S/C12H19NO2/c1-9(2)13-7-6-10-4-5-11(14)12(8-10)15-3/h4-5,8-9,13-14H,6-7H2,1-3H3. The van der Waals surface area contributed by atoms with E-state index < -0.39 is 0 Å². The zero-order valence-electron chi connectivity index (χ0n) is 9.58. The second kappa shape index (κ2) is 5.61. The molecule has 0 saturated heterocycles. The zero-order valence-corrected chi connectivity index (χ0v) is 9.58. The number of benzene rings is 1. The Kier molecular flexibility index (Phi) is 4.43. The van der Waals surface area contributed by atoms with Crippen molar-refractivity contribution in [3.8, 4) is 11.5 Å². The van der Waals surface area contributed by atoms with E-state index in [1.165, 1.54) is 0 Å². The van der Waals surface area contributed by atoms with Gasteiger partial charge >= 0.3 is 0 Å². The van der Waals surface area contributed by atoms with Crippen molar-refractivity contribution in [2.24, 2.45) is 0 Å². The Morgan fingerprint density at radius 3 is 2.73 bits per heavy atom. The first-order valence-corrected chi connectivity index (χ1v) is 5.22. The third kappa shape index (κ3) is 3.80. The van der Waals surface area contributed by atoms with Gasteiger partial charge in [0.25, 0.3) is 0 Å². The SMILES string of the molecule is COc1cc(CCNC(C)C)ccc1O. The van der Waals surface area contributed by atoms with Gasteiger partial charge in [-0.3, -0.25) is 0 Å². The van der Waals surface area contributed by atoms with E-state index in [0.29, 0.717) is 11.8 Å². The number of phenols is 1. The topological polar surface area (TPSA) is 41.5 Å². The fourth-order valence-corrected chi connectivity index (χ4v) is 1.38. The lowest BCUT2D eigenvalue weighted by Crippen LogP contribution is -2.24. The van der Waals surface area contributed by atoms with Gasteiger partial charge in [0, 0.05) is 6.04 Å². The molecule has 15 heavy (non-hydrogen) atoms. The van der Waals surface area contributed by atoms with Crippen LogP contribution in [-0.4, -0.2) is 24.8 Å². The van der Waals surface area contributed by atoms with Crippen LogP contribution in [0.3, 0.4) is 0 Å². The molecule has 1 aromatic carbocycles. The lowest BCUT2D eigenvalue weighted by molar-refractivity contribution is 0.373. The second-order valence-electron chi connectivity index (χ2n) is 3.87. The number of phenolic OH excluding ortho intramolecular Hbond substituents is 1. The molecule has 0 unspecified atom stereocenters. The van der Waals surface area contributed by atoms with Gasteiger partial charge in [-0.1, -0.05) is 19.9 Å². The predicted octanol–water partition coefficient (Wildman–Crippen LogP) is 1.94. The van der Waals surface area contributed by atoms with Crippen LogP contribution in [0.5, 0.6) is 11.5 Å². The zero-order chi connectivity index (χ0) is 11.3. The molecule has 0 spiro atoms. The molecule has 1 rings (SSSR count). The Hall–Kier alpha value is -1.22. The Morgan fingerprint density at radius 2 is 2.13 bits per heavy atom.